The average Bonchev–Trinajstić information content (AvgIpc) is 3.48. The van der Waals surface area contributed by atoms with Gasteiger partial charge in [-0.1, -0.05) is 54.6 Å². The van der Waals surface area contributed by atoms with E-state index in [-0.39, 0.29) is 18.4 Å². The number of ether oxygens (including phenoxy) is 1. The smallest absolute Gasteiger partial charge is 0.409 e. The fourth-order valence-corrected chi connectivity index (χ4v) is 7.16. The van der Waals surface area contributed by atoms with E-state index in [0.717, 1.165) is 52.6 Å². The lowest BCUT2D eigenvalue weighted by Gasteiger charge is -2.25. The van der Waals surface area contributed by atoms with Gasteiger partial charge in [-0.2, -0.15) is 0 Å². The summed E-state index contributed by atoms with van der Waals surface area (Å²) in [6.45, 7) is 1.03. The molecule has 6 rings (SSSR count). The van der Waals surface area contributed by atoms with Crippen molar-refractivity contribution in [3.05, 3.63) is 82.7 Å². The minimum atomic E-state index is -0.336. The first-order valence-corrected chi connectivity index (χ1v) is 13.3. The van der Waals surface area contributed by atoms with E-state index in [1.807, 2.05) is 42.5 Å². The van der Waals surface area contributed by atoms with Crippen LogP contribution >= 0.6 is 22.7 Å². The maximum Gasteiger partial charge on any atom is 0.409 e. The average molecular weight is 514 g/mol. The first-order chi connectivity index (χ1) is 17.6. The number of hydrogen-bond acceptors (Lipinski definition) is 6. The Bertz CT molecular complexity index is 1580. The number of hydrogen-bond donors (Lipinski definition) is 1. The molecule has 0 atom stereocenters. The molecule has 0 saturated carbocycles. The van der Waals surface area contributed by atoms with Gasteiger partial charge in [0, 0.05) is 17.0 Å². The lowest BCUT2D eigenvalue weighted by Crippen LogP contribution is -2.35. The molecular formula is C28H23N3O3S2. The lowest BCUT2D eigenvalue weighted by atomic mass is 10.0. The van der Waals surface area contributed by atoms with Crippen molar-refractivity contribution in [3.63, 3.8) is 0 Å². The number of carbonyl (C=O) groups is 2. The van der Waals surface area contributed by atoms with Gasteiger partial charge in [0.15, 0.2) is 0 Å². The maximum absolute atomic E-state index is 13.3. The third kappa shape index (κ3) is 4.12. The van der Waals surface area contributed by atoms with E-state index in [1.54, 1.807) is 16.2 Å². The Morgan fingerprint density at radius 3 is 2.69 bits per heavy atom. The van der Waals surface area contributed by atoms with Crippen molar-refractivity contribution >= 4 is 60.7 Å². The standard InChI is InChI=1S/C28H23N3O3S2/c1-34-28(33)31-14-13-20-23(16-31)36-27(25(20)26-29-21-11-4-5-12-22(21)35-26)30-24(32)15-18-9-6-8-17-7-2-3-10-19(17)18/h2-12H,13-16H2,1H3,(H,30,32). The van der Waals surface area contributed by atoms with Crippen molar-refractivity contribution in [2.24, 2.45) is 0 Å². The van der Waals surface area contributed by atoms with E-state index in [2.05, 4.69) is 29.6 Å². The zero-order valence-electron chi connectivity index (χ0n) is 19.6. The predicted octanol–water partition coefficient (Wildman–Crippen LogP) is 6.48. The molecule has 0 unspecified atom stereocenters. The summed E-state index contributed by atoms with van der Waals surface area (Å²) in [7, 11) is 1.40. The molecule has 0 radical (unpaired) electrons. The summed E-state index contributed by atoms with van der Waals surface area (Å²) in [5.74, 6) is -0.0721. The van der Waals surface area contributed by atoms with E-state index < -0.39 is 0 Å². The van der Waals surface area contributed by atoms with Crippen molar-refractivity contribution < 1.29 is 14.3 Å². The summed E-state index contributed by atoms with van der Waals surface area (Å²) in [5.41, 5.74) is 4.06. The van der Waals surface area contributed by atoms with Crippen LogP contribution in [-0.2, 0) is 28.9 Å². The molecule has 6 nitrogen and oxygen atoms in total. The quantitative estimate of drug-likeness (QED) is 0.298. The molecule has 1 N–H and O–H groups in total. The first-order valence-electron chi connectivity index (χ1n) is 11.7. The van der Waals surface area contributed by atoms with E-state index in [9.17, 15) is 9.59 Å². The summed E-state index contributed by atoms with van der Waals surface area (Å²) >= 11 is 3.15. The molecule has 2 amide bonds. The molecule has 0 fully saturated rings. The van der Waals surface area contributed by atoms with Gasteiger partial charge >= 0.3 is 6.09 Å². The Morgan fingerprint density at radius 1 is 1.03 bits per heavy atom. The Labute approximate surface area is 216 Å². The molecule has 3 heterocycles. The van der Waals surface area contributed by atoms with Gasteiger partial charge in [0.05, 0.1) is 30.3 Å². The molecular weight excluding hydrogens is 490 g/mol. The van der Waals surface area contributed by atoms with E-state index >= 15 is 0 Å². The van der Waals surface area contributed by atoms with Gasteiger partial charge in [0.1, 0.15) is 10.0 Å². The second kappa shape index (κ2) is 9.37. The van der Waals surface area contributed by atoms with Crippen LogP contribution in [0.2, 0.25) is 0 Å². The zero-order chi connectivity index (χ0) is 24.6. The van der Waals surface area contributed by atoms with Gasteiger partial charge in [-0.3, -0.25) is 4.79 Å². The molecule has 0 saturated heterocycles. The fourth-order valence-electron chi connectivity index (χ4n) is 4.77. The SMILES string of the molecule is COC(=O)N1CCc2c(sc(NC(=O)Cc3cccc4ccccc34)c2-c2nc3ccccc3s2)C1. The highest BCUT2D eigenvalue weighted by atomic mass is 32.1. The minimum Gasteiger partial charge on any atom is -0.453 e. The number of rotatable bonds is 4. The maximum atomic E-state index is 13.3. The Morgan fingerprint density at radius 2 is 1.83 bits per heavy atom. The number of thiophene rings is 1. The number of benzene rings is 3. The van der Waals surface area contributed by atoms with Crippen molar-refractivity contribution in [2.75, 3.05) is 19.0 Å². The van der Waals surface area contributed by atoms with Crippen molar-refractivity contribution in [3.8, 4) is 10.6 Å². The summed E-state index contributed by atoms with van der Waals surface area (Å²) in [6, 6.07) is 22.2. The molecule has 3 aromatic carbocycles. The normalized spacial score (nSPS) is 13.1. The molecule has 8 heteroatoms. The molecule has 0 aliphatic carbocycles. The highest BCUT2D eigenvalue weighted by Gasteiger charge is 2.30. The minimum absolute atomic E-state index is 0.0721. The van der Waals surface area contributed by atoms with E-state index in [4.69, 9.17) is 9.72 Å². The van der Waals surface area contributed by atoms with Crippen LogP contribution in [0.5, 0.6) is 0 Å². The molecule has 1 aliphatic rings. The van der Waals surface area contributed by atoms with Gasteiger partial charge in [-0.25, -0.2) is 9.78 Å². The molecule has 0 bridgehead atoms. The van der Waals surface area contributed by atoms with Gasteiger partial charge in [0.2, 0.25) is 5.91 Å². The monoisotopic (exact) mass is 513 g/mol. The molecule has 36 heavy (non-hydrogen) atoms. The molecule has 2 aromatic heterocycles. The molecule has 0 spiro atoms. The van der Waals surface area contributed by atoms with Crippen LogP contribution in [0.15, 0.2) is 66.7 Å². The van der Waals surface area contributed by atoms with Gasteiger partial charge in [-0.15, -0.1) is 22.7 Å². The topological polar surface area (TPSA) is 71.5 Å². The largest absolute Gasteiger partial charge is 0.453 e. The van der Waals surface area contributed by atoms with Gasteiger partial charge < -0.3 is 15.0 Å². The van der Waals surface area contributed by atoms with E-state index in [0.29, 0.717) is 19.5 Å². The lowest BCUT2D eigenvalue weighted by molar-refractivity contribution is -0.115. The van der Waals surface area contributed by atoms with Crippen LogP contribution in [0.3, 0.4) is 0 Å². The third-order valence-corrected chi connectivity index (χ3v) is 8.67. The number of anilines is 1. The van der Waals surface area contributed by atoms with Crippen molar-refractivity contribution in [2.45, 2.75) is 19.4 Å². The number of thiazole rings is 1. The number of nitrogens with one attached hydrogen (secondary N) is 1. The number of amides is 2. The van der Waals surface area contributed by atoms with Crippen LogP contribution in [-0.4, -0.2) is 35.5 Å². The Hall–Kier alpha value is -3.75. The van der Waals surface area contributed by atoms with Crippen LogP contribution < -0.4 is 5.32 Å². The third-order valence-electron chi connectivity index (χ3n) is 6.48. The van der Waals surface area contributed by atoms with E-state index in [1.165, 1.54) is 18.4 Å². The molecule has 180 valence electrons. The van der Waals surface area contributed by atoms with Gasteiger partial charge in [0.25, 0.3) is 0 Å². The van der Waals surface area contributed by atoms with Crippen molar-refractivity contribution in [1.29, 1.82) is 0 Å². The second-order valence-corrected chi connectivity index (χ2v) is 10.8. The molecule has 5 aromatic rings. The number of aromatic nitrogens is 1. The zero-order valence-corrected chi connectivity index (χ0v) is 21.2. The summed E-state index contributed by atoms with van der Waals surface area (Å²) in [5, 5.41) is 7.07. The summed E-state index contributed by atoms with van der Waals surface area (Å²) in [6.07, 6.45) is 0.625. The summed E-state index contributed by atoms with van der Waals surface area (Å²) < 4.78 is 6.05. The molecule has 1 aliphatic heterocycles. The summed E-state index contributed by atoms with van der Waals surface area (Å²) in [4.78, 5) is 33.1. The van der Waals surface area contributed by atoms with Gasteiger partial charge in [-0.05, 0) is 40.5 Å². The van der Waals surface area contributed by atoms with Crippen LogP contribution in [0, 0.1) is 0 Å². The first kappa shape index (κ1) is 22.7. The number of para-hydroxylation sites is 1. The highest BCUT2D eigenvalue weighted by Crippen LogP contribution is 2.45. The number of nitrogens with zero attached hydrogens (tertiary/aromatic N) is 2. The van der Waals surface area contributed by atoms with Crippen LogP contribution in [0.1, 0.15) is 16.0 Å². The second-order valence-electron chi connectivity index (χ2n) is 8.70. The number of carbonyl (C=O) groups excluding carboxylic acids is 2. The van der Waals surface area contributed by atoms with Crippen LogP contribution in [0.4, 0.5) is 9.80 Å². The number of methoxy groups -OCH3 is 1. The highest BCUT2D eigenvalue weighted by molar-refractivity contribution is 7.22. The Kier molecular flexibility index (Phi) is 5.91. The van der Waals surface area contributed by atoms with Crippen molar-refractivity contribution in [1.82, 2.24) is 9.88 Å². The fraction of sp³-hybridized carbons (Fsp3) is 0.179. The Balaban J connectivity index is 1.37. The number of fused-ring (bicyclic) bond motifs is 3. The van der Waals surface area contributed by atoms with Crippen LogP contribution in [0.25, 0.3) is 31.6 Å². The predicted molar refractivity (Wildman–Crippen MR) is 146 cm³/mol.